The molecule has 2 heterocycles. The number of benzene rings is 1. The normalized spacial score (nSPS) is 21.8. The van der Waals surface area contributed by atoms with Crippen LogP contribution in [0.15, 0.2) is 52.2 Å². The van der Waals surface area contributed by atoms with Gasteiger partial charge in [0, 0.05) is 28.7 Å². The lowest BCUT2D eigenvalue weighted by molar-refractivity contribution is 0.442. The molecule has 1 aromatic carbocycles. The Morgan fingerprint density at radius 3 is 1.92 bits per heavy atom. The largest absolute Gasteiger partial charge is 0.357 e. The number of aromatic nitrogens is 1. The van der Waals surface area contributed by atoms with Gasteiger partial charge in [0.2, 0.25) is 0 Å². The second-order valence-electron chi connectivity index (χ2n) is 15.6. The molecule has 0 radical (unpaired) electrons. The van der Waals surface area contributed by atoms with Gasteiger partial charge in [-0.2, -0.15) is 10.5 Å². The molecule has 4 aliphatic rings. The van der Waals surface area contributed by atoms with Crippen molar-refractivity contribution < 1.29 is 0 Å². The van der Waals surface area contributed by atoms with Crippen LogP contribution in [0.25, 0.3) is 5.57 Å². The fourth-order valence-electron chi connectivity index (χ4n) is 9.77. The average molecular weight is 657 g/mol. The second kappa shape index (κ2) is 17.5. The third kappa shape index (κ3) is 7.85. The Morgan fingerprint density at radius 2 is 1.35 bits per heavy atom. The maximum atomic E-state index is 11.0. The molecule has 260 valence electrons. The van der Waals surface area contributed by atoms with Crippen LogP contribution in [0.2, 0.25) is 0 Å². The van der Waals surface area contributed by atoms with Crippen molar-refractivity contribution in [3.05, 3.63) is 75.3 Å². The number of hydrogen-bond acceptors (Lipinski definition) is 3. The first kappa shape index (κ1) is 35.5. The van der Waals surface area contributed by atoms with Crippen LogP contribution >= 0.6 is 0 Å². The molecule has 4 nitrogen and oxygen atoms in total. The van der Waals surface area contributed by atoms with Gasteiger partial charge in [0.25, 0.3) is 0 Å². The summed E-state index contributed by atoms with van der Waals surface area (Å²) in [5.41, 5.74) is 11.0. The van der Waals surface area contributed by atoms with Crippen molar-refractivity contribution in [3.63, 3.8) is 0 Å². The Morgan fingerprint density at radius 1 is 0.755 bits per heavy atom. The first-order valence-corrected chi connectivity index (χ1v) is 20.4. The Labute approximate surface area is 297 Å². The van der Waals surface area contributed by atoms with Crippen LogP contribution in [0, 0.1) is 34.5 Å². The van der Waals surface area contributed by atoms with Crippen LogP contribution < -0.4 is 0 Å². The van der Waals surface area contributed by atoms with Crippen molar-refractivity contribution in [2.75, 3.05) is 0 Å². The minimum Gasteiger partial charge on any atom is -0.357 e. The van der Waals surface area contributed by atoms with Gasteiger partial charge in [0.1, 0.15) is 12.1 Å². The second-order valence-corrected chi connectivity index (χ2v) is 15.6. The number of rotatable bonds is 11. The first-order valence-electron chi connectivity index (χ1n) is 20.4. The maximum absolute atomic E-state index is 11.0. The SMILES string of the molecule is CCCCCC(CC)c1[nH]c(/C(=C2\N=C(C3CCCCCC3)C(C#N)=C2C2CCCCCC2)c2ccccc2)c(C2CCCCC2)c1C#N. The van der Waals surface area contributed by atoms with Crippen LogP contribution in [0.1, 0.15) is 195 Å². The van der Waals surface area contributed by atoms with E-state index in [0.29, 0.717) is 23.7 Å². The molecular formula is C45H60N4. The third-order valence-electron chi connectivity index (χ3n) is 12.4. The standard InChI is InChI=1S/C45H60N4/c1-3-5-12-21-32(4-2)42-37(30-46)39(34-24-17-10-18-25-34)44(48-42)41(35-26-19-11-20-27-35)45-40(33-22-13-6-7-14-23-33)38(31-47)43(49-45)36-28-15-8-9-16-29-36/h11,19-20,26-27,32-34,36,48H,3-10,12-18,21-25,28-29H2,1-2H3/b45-41-. The van der Waals surface area contributed by atoms with Crippen molar-refractivity contribution in [2.24, 2.45) is 16.8 Å². The van der Waals surface area contributed by atoms with Crippen LogP contribution in [0.5, 0.6) is 0 Å². The lowest BCUT2D eigenvalue weighted by Gasteiger charge is -2.25. The summed E-state index contributed by atoms with van der Waals surface area (Å²) in [4.78, 5) is 9.79. The van der Waals surface area contributed by atoms with E-state index in [1.807, 2.05) is 0 Å². The van der Waals surface area contributed by atoms with Crippen LogP contribution in [0.4, 0.5) is 0 Å². The average Bonchev–Trinajstić information content (AvgIpc) is 3.40. The first-order chi connectivity index (χ1) is 24.2. The molecule has 0 amide bonds. The third-order valence-corrected chi connectivity index (χ3v) is 12.4. The zero-order valence-corrected chi connectivity index (χ0v) is 30.6. The van der Waals surface area contributed by atoms with Gasteiger partial charge < -0.3 is 4.98 Å². The number of nitriles is 2. The van der Waals surface area contributed by atoms with E-state index in [1.165, 1.54) is 101 Å². The molecule has 1 aliphatic heterocycles. The molecule has 0 saturated heterocycles. The molecular weight excluding hydrogens is 597 g/mol. The number of aliphatic imine (C=N–C) groups is 1. The summed E-state index contributed by atoms with van der Waals surface area (Å²) < 4.78 is 0. The Balaban J connectivity index is 1.65. The molecule has 2 aromatic rings. The van der Waals surface area contributed by atoms with Crippen LogP contribution in [0.3, 0.4) is 0 Å². The molecule has 1 aromatic heterocycles. The van der Waals surface area contributed by atoms with Gasteiger partial charge in [-0.05, 0) is 74.3 Å². The molecule has 1 unspecified atom stereocenters. The summed E-state index contributed by atoms with van der Waals surface area (Å²) in [7, 11) is 0. The number of nitrogens with zero attached hydrogens (tertiary/aromatic N) is 3. The summed E-state index contributed by atoms with van der Waals surface area (Å²) in [6.45, 7) is 4.57. The molecule has 0 bridgehead atoms. The highest BCUT2D eigenvalue weighted by Gasteiger charge is 2.38. The minimum absolute atomic E-state index is 0.333. The van der Waals surface area contributed by atoms with Crippen LogP contribution in [-0.2, 0) is 0 Å². The molecule has 3 saturated carbocycles. The van der Waals surface area contributed by atoms with E-state index in [2.05, 4.69) is 61.3 Å². The molecule has 1 N–H and O–H groups in total. The summed E-state index contributed by atoms with van der Waals surface area (Å²) in [5, 5.41) is 22.1. The number of allylic oxidation sites excluding steroid dienone is 2. The molecule has 3 aliphatic carbocycles. The van der Waals surface area contributed by atoms with E-state index in [4.69, 9.17) is 4.99 Å². The topological polar surface area (TPSA) is 75.7 Å². The fourth-order valence-corrected chi connectivity index (χ4v) is 9.77. The highest BCUT2D eigenvalue weighted by molar-refractivity contribution is 6.11. The van der Waals surface area contributed by atoms with Gasteiger partial charge >= 0.3 is 0 Å². The van der Waals surface area contributed by atoms with Crippen molar-refractivity contribution in [1.82, 2.24) is 4.98 Å². The van der Waals surface area contributed by atoms with E-state index in [1.54, 1.807) is 0 Å². The number of H-pyrrole nitrogens is 1. The minimum atomic E-state index is 0.333. The predicted octanol–water partition coefficient (Wildman–Crippen LogP) is 13.0. The maximum Gasteiger partial charge on any atom is 0.101 e. The Kier molecular flexibility index (Phi) is 12.7. The lowest BCUT2D eigenvalue weighted by atomic mass is 9.78. The quantitative estimate of drug-likeness (QED) is 0.193. The summed E-state index contributed by atoms with van der Waals surface area (Å²) in [6.07, 6.45) is 26.3. The van der Waals surface area contributed by atoms with E-state index in [0.717, 1.165) is 96.4 Å². The van der Waals surface area contributed by atoms with Crippen molar-refractivity contribution in [3.8, 4) is 12.1 Å². The molecule has 6 rings (SSSR count). The van der Waals surface area contributed by atoms with E-state index in [9.17, 15) is 10.5 Å². The highest BCUT2D eigenvalue weighted by atomic mass is 14.8. The summed E-state index contributed by atoms with van der Waals surface area (Å²) in [5.74, 6) is 1.39. The smallest absolute Gasteiger partial charge is 0.101 e. The van der Waals surface area contributed by atoms with Gasteiger partial charge in [0.05, 0.1) is 28.2 Å². The van der Waals surface area contributed by atoms with E-state index < -0.39 is 0 Å². The van der Waals surface area contributed by atoms with Gasteiger partial charge in [-0.3, -0.25) is 4.99 Å². The molecule has 0 spiro atoms. The molecule has 4 heteroatoms. The number of unbranched alkanes of at least 4 members (excludes halogenated alkanes) is 2. The van der Waals surface area contributed by atoms with E-state index in [-0.39, 0.29) is 0 Å². The van der Waals surface area contributed by atoms with E-state index >= 15 is 0 Å². The molecule has 3 fully saturated rings. The van der Waals surface area contributed by atoms with Crippen molar-refractivity contribution in [2.45, 2.75) is 167 Å². The molecule has 49 heavy (non-hydrogen) atoms. The lowest BCUT2D eigenvalue weighted by Crippen LogP contribution is -2.15. The summed E-state index contributed by atoms with van der Waals surface area (Å²) in [6, 6.07) is 16.5. The van der Waals surface area contributed by atoms with Crippen molar-refractivity contribution in [1.29, 1.82) is 10.5 Å². The van der Waals surface area contributed by atoms with Gasteiger partial charge in [-0.1, -0.05) is 134 Å². The number of aromatic amines is 1. The molecule has 1 atom stereocenters. The van der Waals surface area contributed by atoms with Gasteiger partial charge in [0.15, 0.2) is 0 Å². The fraction of sp³-hybridized carbons (Fsp3) is 0.622. The zero-order chi connectivity index (χ0) is 34.0. The zero-order valence-electron chi connectivity index (χ0n) is 30.6. The van der Waals surface area contributed by atoms with Gasteiger partial charge in [-0.15, -0.1) is 0 Å². The number of hydrogen-bond donors (Lipinski definition) is 1. The Bertz CT molecular complexity index is 1570. The van der Waals surface area contributed by atoms with Gasteiger partial charge in [-0.25, -0.2) is 0 Å². The predicted molar refractivity (Wildman–Crippen MR) is 203 cm³/mol. The highest BCUT2D eigenvalue weighted by Crippen LogP contribution is 2.49. The van der Waals surface area contributed by atoms with Crippen LogP contribution in [-0.4, -0.2) is 10.7 Å². The Hall–Kier alpha value is -3.37. The number of nitrogens with one attached hydrogen (secondary N) is 1. The van der Waals surface area contributed by atoms with Crippen molar-refractivity contribution >= 4 is 11.3 Å². The summed E-state index contributed by atoms with van der Waals surface area (Å²) >= 11 is 0. The monoisotopic (exact) mass is 656 g/mol.